The Morgan fingerprint density at radius 2 is 2.11 bits per heavy atom. The lowest BCUT2D eigenvalue weighted by Gasteiger charge is -2.16. The van der Waals surface area contributed by atoms with E-state index in [9.17, 15) is 0 Å². The van der Waals surface area contributed by atoms with E-state index >= 15 is 0 Å². The van der Waals surface area contributed by atoms with Crippen molar-refractivity contribution >= 4 is 5.69 Å². The van der Waals surface area contributed by atoms with Crippen LogP contribution in [-0.2, 0) is 0 Å². The van der Waals surface area contributed by atoms with Gasteiger partial charge in [0.2, 0.25) is 0 Å². The summed E-state index contributed by atoms with van der Waals surface area (Å²) in [5.74, 6) is 0.622. The average molecular weight is 246 g/mol. The van der Waals surface area contributed by atoms with Gasteiger partial charge in [0.1, 0.15) is 5.75 Å². The molecule has 0 spiro atoms. The fourth-order valence-electron chi connectivity index (χ4n) is 1.84. The number of anilines is 1. The summed E-state index contributed by atoms with van der Waals surface area (Å²) in [6.07, 6.45) is 6.10. The monoisotopic (exact) mass is 246 g/mol. The van der Waals surface area contributed by atoms with E-state index in [1.807, 2.05) is 6.92 Å². The lowest BCUT2D eigenvalue weighted by molar-refractivity contribution is 0.207. The van der Waals surface area contributed by atoms with Crippen LogP contribution in [0.2, 0.25) is 0 Å². The Hall–Kier alpha value is -1.69. The molecule has 98 valence electrons. The van der Waals surface area contributed by atoms with Gasteiger partial charge in [0, 0.05) is 6.07 Å². The molecule has 0 heterocycles. The highest BCUT2D eigenvalue weighted by Crippen LogP contribution is 2.24. The summed E-state index contributed by atoms with van der Waals surface area (Å²) in [7, 11) is 0. The molecule has 0 aliphatic heterocycles. The van der Waals surface area contributed by atoms with Crippen LogP contribution in [-0.4, -0.2) is 6.10 Å². The van der Waals surface area contributed by atoms with Gasteiger partial charge in [-0.3, -0.25) is 0 Å². The highest BCUT2D eigenvalue weighted by Gasteiger charge is 2.07. The SMILES string of the molecule is CCCCCCC(C)Oc1cc(C#N)ccc1N. The maximum Gasteiger partial charge on any atom is 0.143 e. The van der Waals surface area contributed by atoms with E-state index in [1.165, 1.54) is 25.7 Å². The minimum atomic E-state index is 0.137. The third-order valence-electron chi connectivity index (χ3n) is 2.94. The van der Waals surface area contributed by atoms with E-state index < -0.39 is 0 Å². The van der Waals surface area contributed by atoms with Crippen molar-refractivity contribution in [3.8, 4) is 11.8 Å². The first-order valence-corrected chi connectivity index (χ1v) is 6.63. The fraction of sp³-hybridized carbons (Fsp3) is 0.533. The molecule has 0 bridgehead atoms. The molecule has 0 radical (unpaired) electrons. The molecule has 3 nitrogen and oxygen atoms in total. The first-order valence-electron chi connectivity index (χ1n) is 6.63. The van der Waals surface area contributed by atoms with Gasteiger partial charge in [-0.15, -0.1) is 0 Å². The Morgan fingerprint density at radius 1 is 1.33 bits per heavy atom. The summed E-state index contributed by atoms with van der Waals surface area (Å²) >= 11 is 0. The Labute approximate surface area is 110 Å². The van der Waals surface area contributed by atoms with Gasteiger partial charge in [-0.2, -0.15) is 5.26 Å². The Morgan fingerprint density at radius 3 is 2.78 bits per heavy atom. The van der Waals surface area contributed by atoms with E-state index in [4.69, 9.17) is 15.7 Å². The maximum atomic E-state index is 8.84. The highest BCUT2D eigenvalue weighted by molar-refractivity contribution is 5.56. The smallest absolute Gasteiger partial charge is 0.143 e. The second-order valence-corrected chi connectivity index (χ2v) is 4.64. The van der Waals surface area contributed by atoms with Gasteiger partial charge in [-0.25, -0.2) is 0 Å². The van der Waals surface area contributed by atoms with Crippen LogP contribution in [0.3, 0.4) is 0 Å². The van der Waals surface area contributed by atoms with Gasteiger partial charge in [-0.1, -0.05) is 26.2 Å². The van der Waals surface area contributed by atoms with Crippen LogP contribution in [0.15, 0.2) is 18.2 Å². The Bertz CT molecular complexity index is 409. The maximum absolute atomic E-state index is 8.84. The second-order valence-electron chi connectivity index (χ2n) is 4.64. The topological polar surface area (TPSA) is 59.0 Å². The van der Waals surface area contributed by atoms with E-state index in [-0.39, 0.29) is 6.10 Å². The first-order chi connectivity index (χ1) is 8.67. The molecule has 1 atom stereocenters. The van der Waals surface area contributed by atoms with Crippen LogP contribution in [0.25, 0.3) is 0 Å². The molecular weight excluding hydrogens is 224 g/mol. The molecule has 0 aliphatic rings. The van der Waals surface area contributed by atoms with Crippen molar-refractivity contribution < 1.29 is 4.74 Å². The molecule has 1 unspecified atom stereocenters. The predicted molar refractivity (Wildman–Crippen MR) is 74.4 cm³/mol. The van der Waals surface area contributed by atoms with E-state index in [0.717, 1.165) is 6.42 Å². The predicted octanol–water partition coefficient (Wildman–Crippen LogP) is 3.88. The molecule has 0 amide bonds. The minimum absolute atomic E-state index is 0.137. The molecule has 1 aromatic carbocycles. The average Bonchev–Trinajstić information content (AvgIpc) is 2.37. The zero-order chi connectivity index (χ0) is 13.4. The quantitative estimate of drug-likeness (QED) is 0.586. The Balaban J connectivity index is 2.48. The molecule has 3 heteroatoms. The number of benzene rings is 1. The number of unbranched alkanes of at least 4 members (excludes halogenated alkanes) is 3. The summed E-state index contributed by atoms with van der Waals surface area (Å²) in [5, 5.41) is 8.84. The molecule has 0 fully saturated rings. The van der Waals surface area contributed by atoms with Crippen LogP contribution < -0.4 is 10.5 Å². The highest BCUT2D eigenvalue weighted by atomic mass is 16.5. The summed E-state index contributed by atoms with van der Waals surface area (Å²) in [5.41, 5.74) is 7.01. The minimum Gasteiger partial charge on any atom is -0.489 e. The van der Waals surface area contributed by atoms with Crippen LogP contribution in [0.1, 0.15) is 51.5 Å². The third kappa shape index (κ3) is 4.67. The zero-order valence-electron chi connectivity index (χ0n) is 11.3. The van der Waals surface area contributed by atoms with Crippen LogP contribution in [0, 0.1) is 11.3 Å². The van der Waals surface area contributed by atoms with Crippen molar-refractivity contribution in [1.29, 1.82) is 5.26 Å². The fourth-order valence-corrected chi connectivity index (χ4v) is 1.84. The number of hydrogen-bond acceptors (Lipinski definition) is 3. The van der Waals surface area contributed by atoms with Crippen molar-refractivity contribution in [3.63, 3.8) is 0 Å². The van der Waals surface area contributed by atoms with Crippen LogP contribution in [0.5, 0.6) is 5.75 Å². The number of ether oxygens (including phenoxy) is 1. The molecule has 0 saturated carbocycles. The Kier molecular flexibility index (Phi) is 6.07. The van der Waals surface area contributed by atoms with Crippen molar-refractivity contribution in [2.45, 2.75) is 52.1 Å². The molecule has 0 saturated heterocycles. The lowest BCUT2D eigenvalue weighted by Crippen LogP contribution is -2.12. The van der Waals surface area contributed by atoms with Crippen molar-refractivity contribution in [2.24, 2.45) is 0 Å². The second kappa shape index (κ2) is 7.60. The first kappa shape index (κ1) is 14.4. The molecular formula is C15H22N2O. The number of nitrogens with two attached hydrogens (primary N) is 1. The summed E-state index contributed by atoms with van der Waals surface area (Å²) in [4.78, 5) is 0. The molecule has 1 aromatic rings. The molecule has 18 heavy (non-hydrogen) atoms. The summed E-state index contributed by atoms with van der Waals surface area (Å²) in [6.45, 7) is 4.25. The number of rotatable bonds is 7. The van der Waals surface area contributed by atoms with Gasteiger partial charge in [-0.05, 0) is 31.9 Å². The van der Waals surface area contributed by atoms with Gasteiger partial charge in [0.25, 0.3) is 0 Å². The van der Waals surface area contributed by atoms with Crippen molar-refractivity contribution in [3.05, 3.63) is 23.8 Å². The van der Waals surface area contributed by atoms with Gasteiger partial charge in [0.15, 0.2) is 0 Å². The van der Waals surface area contributed by atoms with Crippen LogP contribution >= 0.6 is 0 Å². The standard InChI is InChI=1S/C15H22N2O/c1-3-4-5-6-7-12(2)18-15-10-13(11-16)8-9-14(15)17/h8-10,12H,3-7,17H2,1-2H3. The number of nitrogens with zero attached hydrogens (tertiary/aromatic N) is 1. The normalized spacial score (nSPS) is 11.8. The van der Waals surface area contributed by atoms with E-state index in [1.54, 1.807) is 18.2 Å². The third-order valence-corrected chi connectivity index (χ3v) is 2.94. The van der Waals surface area contributed by atoms with Gasteiger partial charge in [0.05, 0.1) is 23.4 Å². The van der Waals surface area contributed by atoms with E-state index in [0.29, 0.717) is 17.0 Å². The number of hydrogen-bond donors (Lipinski definition) is 1. The van der Waals surface area contributed by atoms with Gasteiger partial charge < -0.3 is 10.5 Å². The van der Waals surface area contributed by atoms with Crippen molar-refractivity contribution in [2.75, 3.05) is 5.73 Å². The lowest BCUT2D eigenvalue weighted by atomic mass is 10.1. The summed E-state index contributed by atoms with van der Waals surface area (Å²) < 4.78 is 5.79. The molecule has 2 N–H and O–H groups in total. The number of nitrogen functional groups attached to an aromatic ring is 1. The zero-order valence-corrected chi connectivity index (χ0v) is 11.3. The van der Waals surface area contributed by atoms with Gasteiger partial charge >= 0.3 is 0 Å². The summed E-state index contributed by atoms with van der Waals surface area (Å²) in [6, 6.07) is 7.22. The largest absolute Gasteiger partial charge is 0.489 e. The van der Waals surface area contributed by atoms with E-state index in [2.05, 4.69) is 13.0 Å². The molecule has 0 aromatic heterocycles. The van der Waals surface area contributed by atoms with Crippen LogP contribution in [0.4, 0.5) is 5.69 Å². The molecule has 1 rings (SSSR count). The number of nitriles is 1. The molecule has 0 aliphatic carbocycles. The van der Waals surface area contributed by atoms with Crippen molar-refractivity contribution in [1.82, 2.24) is 0 Å².